The fraction of sp³-hybridized carbons (Fsp3) is 0.294. The minimum atomic E-state index is 0.393. The maximum Gasteiger partial charge on any atom is 0.118 e. The maximum atomic E-state index is 5.21. The molecular weight excluding hydrogens is 314 g/mol. The monoisotopic (exact) mass is 331 g/mol. The number of ether oxygens (including phenoxy) is 1. The second kappa shape index (κ2) is 5.98. The summed E-state index contributed by atoms with van der Waals surface area (Å²) in [6.07, 6.45) is 2.10. The molecule has 0 saturated carbocycles. The number of rotatable bonds is 3. The zero-order valence-electron chi connectivity index (χ0n) is 11.5. The van der Waals surface area contributed by atoms with E-state index in [4.69, 9.17) is 4.74 Å². The van der Waals surface area contributed by atoms with E-state index in [1.807, 2.05) is 12.1 Å². The van der Waals surface area contributed by atoms with E-state index in [1.165, 1.54) is 21.2 Å². The van der Waals surface area contributed by atoms with Crippen molar-refractivity contribution in [3.05, 3.63) is 63.6 Å². The van der Waals surface area contributed by atoms with Crippen LogP contribution in [-0.4, -0.2) is 13.7 Å². The van der Waals surface area contributed by atoms with Gasteiger partial charge in [-0.3, -0.25) is 0 Å². The molecule has 3 rings (SSSR count). The minimum absolute atomic E-state index is 0.393. The van der Waals surface area contributed by atoms with Crippen molar-refractivity contribution in [2.45, 2.75) is 18.9 Å². The number of fused-ring (bicyclic) bond motifs is 1. The van der Waals surface area contributed by atoms with Gasteiger partial charge in [0, 0.05) is 10.5 Å². The van der Waals surface area contributed by atoms with Crippen LogP contribution in [0.4, 0.5) is 0 Å². The Hall–Kier alpha value is -1.32. The summed E-state index contributed by atoms with van der Waals surface area (Å²) in [6.45, 7) is 1.04. The summed E-state index contributed by atoms with van der Waals surface area (Å²) in [7, 11) is 1.70. The van der Waals surface area contributed by atoms with Crippen molar-refractivity contribution >= 4 is 15.9 Å². The van der Waals surface area contributed by atoms with Crippen LogP contribution in [0.25, 0.3) is 0 Å². The van der Waals surface area contributed by atoms with Crippen LogP contribution >= 0.6 is 15.9 Å². The Morgan fingerprint density at radius 2 is 2.00 bits per heavy atom. The molecule has 1 unspecified atom stereocenters. The number of hydrogen-bond donors (Lipinski definition) is 1. The molecule has 20 heavy (non-hydrogen) atoms. The van der Waals surface area contributed by atoms with Crippen molar-refractivity contribution in [3.63, 3.8) is 0 Å². The molecule has 2 aromatic rings. The molecule has 1 aliphatic heterocycles. The molecule has 0 fully saturated rings. The third-order valence-electron chi connectivity index (χ3n) is 3.90. The van der Waals surface area contributed by atoms with Gasteiger partial charge in [0.1, 0.15) is 5.75 Å². The molecule has 0 radical (unpaired) electrons. The first kappa shape index (κ1) is 13.7. The van der Waals surface area contributed by atoms with Gasteiger partial charge in [-0.15, -0.1) is 0 Å². The fourth-order valence-corrected chi connectivity index (χ4v) is 3.41. The number of hydrogen-bond acceptors (Lipinski definition) is 2. The van der Waals surface area contributed by atoms with Crippen molar-refractivity contribution in [2.75, 3.05) is 13.7 Å². The Balaban J connectivity index is 1.83. The molecule has 0 aromatic heterocycles. The van der Waals surface area contributed by atoms with Crippen LogP contribution in [0.5, 0.6) is 5.75 Å². The molecular formula is C17H18BrNO. The lowest BCUT2D eigenvalue weighted by Gasteiger charge is -2.28. The average Bonchev–Trinajstić information content (AvgIpc) is 2.49. The van der Waals surface area contributed by atoms with Crippen molar-refractivity contribution < 1.29 is 4.74 Å². The van der Waals surface area contributed by atoms with Gasteiger partial charge in [0.15, 0.2) is 0 Å². The van der Waals surface area contributed by atoms with E-state index in [0.29, 0.717) is 6.04 Å². The van der Waals surface area contributed by atoms with Gasteiger partial charge < -0.3 is 10.1 Å². The predicted molar refractivity (Wildman–Crippen MR) is 85.3 cm³/mol. The summed E-state index contributed by atoms with van der Waals surface area (Å²) in [4.78, 5) is 0. The Labute approximate surface area is 128 Å². The van der Waals surface area contributed by atoms with E-state index in [1.54, 1.807) is 7.11 Å². The van der Waals surface area contributed by atoms with Gasteiger partial charge in [0.05, 0.1) is 7.11 Å². The van der Waals surface area contributed by atoms with E-state index in [9.17, 15) is 0 Å². The molecule has 0 saturated heterocycles. The first-order chi connectivity index (χ1) is 9.78. The normalized spacial score (nSPS) is 17.6. The molecule has 0 spiro atoms. The summed E-state index contributed by atoms with van der Waals surface area (Å²) in [5, 5.41) is 3.63. The molecule has 1 N–H and O–H groups in total. The van der Waals surface area contributed by atoms with E-state index in [-0.39, 0.29) is 0 Å². The summed E-state index contributed by atoms with van der Waals surface area (Å²) in [5.41, 5.74) is 4.20. The Morgan fingerprint density at radius 3 is 2.75 bits per heavy atom. The zero-order valence-corrected chi connectivity index (χ0v) is 13.1. The van der Waals surface area contributed by atoms with Crippen LogP contribution in [0.1, 0.15) is 22.7 Å². The van der Waals surface area contributed by atoms with Crippen LogP contribution < -0.4 is 10.1 Å². The maximum absolute atomic E-state index is 5.21. The third kappa shape index (κ3) is 2.74. The average molecular weight is 332 g/mol. The van der Waals surface area contributed by atoms with Crippen molar-refractivity contribution in [1.82, 2.24) is 5.32 Å². The van der Waals surface area contributed by atoms with Gasteiger partial charge in [0.2, 0.25) is 0 Å². The van der Waals surface area contributed by atoms with Crippen molar-refractivity contribution in [1.29, 1.82) is 0 Å². The summed E-state index contributed by atoms with van der Waals surface area (Å²) in [6, 6.07) is 15.2. The minimum Gasteiger partial charge on any atom is -0.497 e. The van der Waals surface area contributed by atoms with Crippen LogP contribution in [0.15, 0.2) is 46.9 Å². The lowest BCUT2D eigenvalue weighted by molar-refractivity contribution is 0.414. The van der Waals surface area contributed by atoms with E-state index in [0.717, 1.165) is 25.1 Å². The molecule has 2 aromatic carbocycles. The highest BCUT2D eigenvalue weighted by atomic mass is 79.9. The second-order valence-corrected chi connectivity index (χ2v) is 5.97. The van der Waals surface area contributed by atoms with Gasteiger partial charge in [-0.1, -0.05) is 40.2 Å². The third-order valence-corrected chi connectivity index (χ3v) is 4.64. The summed E-state index contributed by atoms with van der Waals surface area (Å²) in [5.74, 6) is 0.911. The smallest absolute Gasteiger partial charge is 0.118 e. The highest BCUT2D eigenvalue weighted by molar-refractivity contribution is 9.10. The number of halogens is 1. The summed E-state index contributed by atoms with van der Waals surface area (Å²) < 4.78 is 6.44. The first-order valence-corrected chi connectivity index (χ1v) is 7.71. The van der Waals surface area contributed by atoms with Crippen LogP contribution in [0.3, 0.4) is 0 Å². The van der Waals surface area contributed by atoms with Crippen LogP contribution in [0, 0.1) is 0 Å². The van der Waals surface area contributed by atoms with Gasteiger partial charge in [-0.2, -0.15) is 0 Å². The number of nitrogens with one attached hydrogen (secondary N) is 1. The quantitative estimate of drug-likeness (QED) is 0.921. The number of methoxy groups -OCH3 is 1. The van der Waals surface area contributed by atoms with Gasteiger partial charge in [-0.25, -0.2) is 0 Å². The van der Waals surface area contributed by atoms with E-state index >= 15 is 0 Å². The van der Waals surface area contributed by atoms with Crippen molar-refractivity contribution in [2.24, 2.45) is 0 Å². The fourth-order valence-electron chi connectivity index (χ4n) is 2.83. The summed E-state index contributed by atoms with van der Waals surface area (Å²) >= 11 is 3.67. The lowest BCUT2D eigenvalue weighted by Crippen LogP contribution is -2.31. The predicted octanol–water partition coefficient (Wildman–Crippen LogP) is 3.89. The standard InChI is InChI=1S/C17H18BrNO/c1-20-13-7-5-12(6-8-13)11-17-15-3-2-4-16(18)14(15)9-10-19-17/h2-8,17,19H,9-11H2,1H3. The zero-order chi connectivity index (χ0) is 13.9. The highest BCUT2D eigenvalue weighted by Crippen LogP contribution is 2.31. The second-order valence-electron chi connectivity index (χ2n) is 5.12. The van der Waals surface area contributed by atoms with E-state index in [2.05, 4.69) is 51.6 Å². The molecule has 1 aliphatic rings. The van der Waals surface area contributed by atoms with Gasteiger partial charge in [-0.05, 0) is 54.3 Å². The molecule has 0 bridgehead atoms. The largest absolute Gasteiger partial charge is 0.497 e. The Kier molecular flexibility index (Phi) is 4.08. The number of benzene rings is 2. The SMILES string of the molecule is COc1ccc(CC2NCCc3c(Br)cccc32)cc1. The molecule has 0 aliphatic carbocycles. The van der Waals surface area contributed by atoms with Gasteiger partial charge in [0.25, 0.3) is 0 Å². The molecule has 0 amide bonds. The first-order valence-electron chi connectivity index (χ1n) is 6.91. The Morgan fingerprint density at radius 1 is 1.20 bits per heavy atom. The topological polar surface area (TPSA) is 21.3 Å². The van der Waals surface area contributed by atoms with Crippen LogP contribution in [-0.2, 0) is 12.8 Å². The molecule has 1 atom stereocenters. The highest BCUT2D eigenvalue weighted by Gasteiger charge is 2.21. The molecule has 104 valence electrons. The molecule has 1 heterocycles. The molecule has 2 nitrogen and oxygen atoms in total. The van der Waals surface area contributed by atoms with E-state index < -0.39 is 0 Å². The Bertz CT molecular complexity index is 594. The molecule has 3 heteroatoms. The van der Waals surface area contributed by atoms with Crippen molar-refractivity contribution in [3.8, 4) is 5.75 Å². The van der Waals surface area contributed by atoms with Gasteiger partial charge >= 0.3 is 0 Å². The lowest BCUT2D eigenvalue weighted by atomic mass is 9.90. The van der Waals surface area contributed by atoms with Crippen LogP contribution in [0.2, 0.25) is 0 Å².